The molecule has 0 saturated heterocycles. The van der Waals surface area contributed by atoms with Gasteiger partial charge in [0.15, 0.2) is 11.9 Å². The lowest BCUT2D eigenvalue weighted by Gasteiger charge is -1.96. The number of hydrogen-bond donors (Lipinski definition) is 4. The Morgan fingerprint density at radius 3 is 1.27 bits per heavy atom. The summed E-state index contributed by atoms with van der Waals surface area (Å²) in [6.07, 6.45) is 2.93. The normalized spacial score (nSPS) is 8.00. The molecular formula is C7H20Cl2N6. The highest BCUT2D eigenvalue weighted by Gasteiger charge is 1.88. The van der Waals surface area contributed by atoms with Crippen LogP contribution in [0, 0.1) is 0 Å². The Morgan fingerprint density at radius 2 is 1.00 bits per heavy atom. The zero-order valence-corrected chi connectivity index (χ0v) is 10.2. The van der Waals surface area contributed by atoms with Crippen molar-refractivity contribution in [2.75, 3.05) is 13.1 Å². The van der Waals surface area contributed by atoms with E-state index in [1.807, 2.05) is 0 Å². The Labute approximate surface area is 102 Å². The Kier molecular flexibility index (Phi) is 17.2. The van der Waals surface area contributed by atoms with Crippen LogP contribution in [-0.2, 0) is 0 Å². The highest BCUT2D eigenvalue weighted by Crippen LogP contribution is 1.95. The standard InChI is InChI=1S/C7H18N6.2ClH/c8-6(9)12-4-2-1-3-5-13-7(10)11;;/h1-5H2,(H4,8,9,12)(H4,10,11,13);2*1H. The molecule has 0 heterocycles. The van der Waals surface area contributed by atoms with E-state index in [-0.39, 0.29) is 36.7 Å². The zero-order chi connectivity index (χ0) is 10.1. The van der Waals surface area contributed by atoms with Gasteiger partial charge in [-0.2, -0.15) is 0 Å². The Bertz CT molecular complexity index is 166. The monoisotopic (exact) mass is 258 g/mol. The summed E-state index contributed by atoms with van der Waals surface area (Å²) in [4.78, 5) is 7.69. The van der Waals surface area contributed by atoms with Crippen molar-refractivity contribution in [3.8, 4) is 0 Å². The van der Waals surface area contributed by atoms with E-state index in [0.717, 1.165) is 19.3 Å². The fraction of sp³-hybridized carbons (Fsp3) is 0.714. The van der Waals surface area contributed by atoms with Gasteiger partial charge in [0.05, 0.1) is 0 Å². The van der Waals surface area contributed by atoms with Crippen LogP contribution in [-0.4, -0.2) is 25.0 Å². The molecule has 0 bridgehead atoms. The molecule has 0 aliphatic carbocycles. The van der Waals surface area contributed by atoms with Crippen molar-refractivity contribution in [1.82, 2.24) is 0 Å². The van der Waals surface area contributed by atoms with Crippen LogP contribution in [0.15, 0.2) is 9.98 Å². The molecule has 0 fully saturated rings. The molecule has 0 atom stereocenters. The minimum absolute atomic E-state index is 0. The molecule has 0 aromatic rings. The minimum atomic E-state index is 0. The fourth-order valence-electron chi connectivity index (χ4n) is 0.817. The molecule has 6 nitrogen and oxygen atoms in total. The Hall–Kier alpha value is -0.880. The van der Waals surface area contributed by atoms with Gasteiger partial charge >= 0.3 is 0 Å². The second-order valence-corrected chi connectivity index (χ2v) is 2.67. The topological polar surface area (TPSA) is 129 Å². The first kappa shape index (κ1) is 19.7. The third-order valence-electron chi connectivity index (χ3n) is 1.40. The quantitative estimate of drug-likeness (QED) is 0.292. The molecule has 92 valence electrons. The lowest BCUT2D eigenvalue weighted by molar-refractivity contribution is 0.695. The molecule has 0 aliphatic heterocycles. The summed E-state index contributed by atoms with van der Waals surface area (Å²) in [6.45, 7) is 1.34. The Morgan fingerprint density at radius 1 is 0.667 bits per heavy atom. The maximum Gasteiger partial charge on any atom is 0.185 e. The number of guanidine groups is 2. The molecule has 0 spiro atoms. The Balaban J connectivity index is -0.000000720. The first-order chi connectivity index (χ1) is 6.13. The number of hydrogen-bond acceptors (Lipinski definition) is 2. The molecule has 0 aromatic carbocycles. The van der Waals surface area contributed by atoms with Crippen LogP contribution in [0.25, 0.3) is 0 Å². The molecule has 0 aromatic heterocycles. The maximum atomic E-state index is 5.15. The number of nitrogens with two attached hydrogens (primary N) is 4. The third kappa shape index (κ3) is 19.5. The maximum absolute atomic E-state index is 5.15. The minimum Gasteiger partial charge on any atom is -0.370 e. The molecule has 0 saturated carbocycles. The molecular weight excluding hydrogens is 239 g/mol. The molecule has 0 aliphatic rings. The summed E-state index contributed by atoms with van der Waals surface area (Å²) >= 11 is 0. The predicted octanol–water partition coefficient (Wildman–Crippen LogP) is -0.453. The first-order valence-electron chi connectivity index (χ1n) is 4.23. The molecule has 8 heteroatoms. The smallest absolute Gasteiger partial charge is 0.185 e. The lowest BCUT2D eigenvalue weighted by atomic mass is 10.2. The molecule has 0 radical (unpaired) electrons. The number of unbranched alkanes of at least 4 members (excludes halogenated alkanes) is 2. The van der Waals surface area contributed by atoms with Gasteiger partial charge in [0, 0.05) is 13.1 Å². The van der Waals surface area contributed by atoms with Crippen LogP contribution in [0.4, 0.5) is 0 Å². The van der Waals surface area contributed by atoms with E-state index in [2.05, 4.69) is 9.98 Å². The van der Waals surface area contributed by atoms with Gasteiger partial charge in [-0.05, 0) is 19.3 Å². The number of halogens is 2. The highest BCUT2D eigenvalue weighted by molar-refractivity contribution is 5.85. The summed E-state index contributed by atoms with van der Waals surface area (Å²) in [5.74, 6) is 0.286. The van der Waals surface area contributed by atoms with Crippen molar-refractivity contribution in [3.05, 3.63) is 0 Å². The van der Waals surface area contributed by atoms with Crippen LogP contribution < -0.4 is 22.9 Å². The van der Waals surface area contributed by atoms with E-state index in [9.17, 15) is 0 Å². The van der Waals surface area contributed by atoms with Crippen molar-refractivity contribution >= 4 is 36.7 Å². The number of rotatable bonds is 6. The van der Waals surface area contributed by atoms with Crippen LogP contribution in [0.3, 0.4) is 0 Å². The fourth-order valence-corrected chi connectivity index (χ4v) is 0.817. The molecule has 8 N–H and O–H groups in total. The summed E-state index contributed by atoms with van der Waals surface area (Å²) < 4.78 is 0. The zero-order valence-electron chi connectivity index (χ0n) is 8.56. The first-order valence-corrected chi connectivity index (χ1v) is 4.23. The van der Waals surface area contributed by atoms with E-state index in [1.54, 1.807) is 0 Å². The SMILES string of the molecule is Cl.Cl.NC(N)=NCCCCCN=C(N)N. The molecule has 0 unspecified atom stereocenters. The van der Waals surface area contributed by atoms with E-state index in [4.69, 9.17) is 22.9 Å². The van der Waals surface area contributed by atoms with Gasteiger partial charge in [-0.25, -0.2) is 0 Å². The lowest BCUT2D eigenvalue weighted by Crippen LogP contribution is -2.23. The van der Waals surface area contributed by atoms with Crippen LogP contribution in [0.1, 0.15) is 19.3 Å². The van der Waals surface area contributed by atoms with Gasteiger partial charge in [-0.3, -0.25) is 9.98 Å². The summed E-state index contributed by atoms with van der Waals surface area (Å²) in [5, 5.41) is 0. The van der Waals surface area contributed by atoms with Gasteiger partial charge in [0.25, 0.3) is 0 Å². The van der Waals surface area contributed by atoms with Crippen molar-refractivity contribution in [1.29, 1.82) is 0 Å². The number of aliphatic imine (C=N–C) groups is 2. The van der Waals surface area contributed by atoms with E-state index in [1.165, 1.54) is 0 Å². The second-order valence-electron chi connectivity index (χ2n) is 2.67. The summed E-state index contributed by atoms with van der Waals surface area (Å²) in [5.41, 5.74) is 20.6. The van der Waals surface area contributed by atoms with E-state index in [0.29, 0.717) is 13.1 Å². The van der Waals surface area contributed by atoms with E-state index >= 15 is 0 Å². The molecule has 15 heavy (non-hydrogen) atoms. The van der Waals surface area contributed by atoms with Crippen LogP contribution in [0.5, 0.6) is 0 Å². The van der Waals surface area contributed by atoms with Crippen molar-refractivity contribution < 1.29 is 0 Å². The van der Waals surface area contributed by atoms with Gasteiger partial charge in [0.2, 0.25) is 0 Å². The van der Waals surface area contributed by atoms with Crippen molar-refractivity contribution in [2.24, 2.45) is 32.9 Å². The van der Waals surface area contributed by atoms with Crippen LogP contribution in [0.2, 0.25) is 0 Å². The summed E-state index contributed by atoms with van der Waals surface area (Å²) in [7, 11) is 0. The number of nitrogens with zero attached hydrogens (tertiary/aromatic N) is 2. The third-order valence-corrected chi connectivity index (χ3v) is 1.40. The van der Waals surface area contributed by atoms with Crippen LogP contribution >= 0.6 is 24.8 Å². The van der Waals surface area contributed by atoms with Gasteiger partial charge in [0.1, 0.15) is 0 Å². The van der Waals surface area contributed by atoms with E-state index < -0.39 is 0 Å². The van der Waals surface area contributed by atoms with Crippen molar-refractivity contribution in [2.45, 2.75) is 19.3 Å². The van der Waals surface area contributed by atoms with Gasteiger partial charge < -0.3 is 22.9 Å². The van der Waals surface area contributed by atoms with Gasteiger partial charge in [-0.1, -0.05) is 0 Å². The van der Waals surface area contributed by atoms with Crippen molar-refractivity contribution in [3.63, 3.8) is 0 Å². The largest absolute Gasteiger partial charge is 0.370 e. The van der Waals surface area contributed by atoms with Gasteiger partial charge in [-0.15, -0.1) is 24.8 Å². The summed E-state index contributed by atoms with van der Waals surface area (Å²) in [6, 6.07) is 0. The molecule has 0 rings (SSSR count). The second kappa shape index (κ2) is 13.1. The average molecular weight is 259 g/mol. The predicted molar refractivity (Wildman–Crippen MR) is 69.7 cm³/mol. The average Bonchev–Trinajstić information content (AvgIpc) is 2.01. The molecule has 0 amide bonds. The highest BCUT2D eigenvalue weighted by atomic mass is 35.5.